The average molecular weight is 353 g/mol. The standard InChI is InChI=1S/C15H21BrN4O/c1-10(21)20-5-4-19(9-15(20,2)3)14-7-11(16)6-13(18)12(14)8-17/h6-8,17H,4-5,9,18H2,1-3H3. The van der Waals surface area contributed by atoms with Crippen LogP contribution in [-0.4, -0.2) is 42.2 Å². The van der Waals surface area contributed by atoms with Crippen molar-refractivity contribution in [2.24, 2.45) is 0 Å². The third kappa shape index (κ3) is 3.05. The quantitative estimate of drug-likeness (QED) is 0.634. The van der Waals surface area contributed by atoms with Gasteiger partial charge in [-0.05, 0) is 26.0 Å². The largest absolute Gasteiger partial charge is 0.398 e. The minimum absolute atomic E-state index is 0.0979. The number of halogens is 1. The Morgan fingerprint density at radius 2 is 2.10 bits per heavy atom. The summed E-state index contributed by atoms with van der Waals surface area (Å²) in [5.41, 5.74) is 8.01. The molecule has 1 aromatic rings. The molecule has 1 saturated heterocycles. The molecule has 1 fully saturated rings. The predicted octanol–water partition coefficient (Wildman–Crippen LogP) is 2.48. The van der Waals surface area contributed by atoms with E-state index in [4.69, 9.17) is 11.1 Å². The highest BCUT2D eigenvalue weighted by atomic mass is 79.9. The lowest BCUT2D eigenvalue weighted by molar-refractivity contribution is -0.134. The molecule has 0 unspecified atom stereocenters. The van der Waals surface area contributed by atoms with Crippen LogP contribution in [0.1, 0.15) is 26.3 Å². The Hall–Kier alpha value is -1.56. The van der Waals surface area contributed by atoms with Gasteiger partial charge in [-0.15, -0.1) is 0 Å². The predicted molar refractivity (Wildman–Crippen MR) is 90.1 cm³/mol. The lowest BCUT2D eigenvalue weighted by atomic mass is 9.97. The second-order valence-corrected chi connectivity index (χ2v) is 6.89. The first-order valence-corrected chi connectivity index (χ1v) is 7.68. The van der Waals surface area contributed by atoms with Crippen LogP contribution in [0.4, 0.5) is 11.4 Å². The Morgan fingerprint density at radius 3 is 2.62 bits per heavy atom. The van der Waals surface area contributed by atoms with Gasteiger partial charge in [-0.1, -0.05) is 15.9 Å². The summed E-state index contributed by atoms with van der Waals surface area (Å²) >= 11 is 3.46. The fraction of sp³-hybridized carbons (Fsp3) is 0.467. The Morgan fingerprint density at radius 1 is 1.43 bits per heavy atom. The minimum atomic E-state index is -0.250. The van der Waals surface area contributed by atoms with Crippen LogP contribution < -0.4 is 10.6 Å². The van der Waals surface area contributed by atoms with Crippen LogP contribution in [0.2, 0.25) is 0 Å². The topological polar surface area (TPSA) is 73.4 Å². The van der Waals surface area contributed by atoms with Gasteiger partial charge in [0.25, 0.3) is 0 Å². The molecule has 0 atom stereocenters. The Bertz CT molecular complexity index is 585. The molecule has 0 aliphatic carbocycles. The summed E-state index contributed by atoms with van der Waals surface area (Å²) in [5, 5.41) is 7.61. The Labute approximate surface area is 133 Å². The minimum Gasteiger partial charge on any atom is -0.398 e. The van der Waals surface area contributed by atoms with E-state index in [1.165, 1.54) is 6.21 Å². The summed E-state index contributed by atoms with van der Waals surface area (Å²) in [5.74, 6) is 0.0979. The first kappa shape index (κ1) is 15.8. The maximum absolute atomic E-state index is 11.7. The van der Waals surface area contributed by atoms with E-state index >= 15 is 0 Å². The van der Waals surface area contributed by atoms with Crippen LogP contribution >= 0.6 is 15.9 Å². The number of nitrogens with two attached hydrogens (primary N) is 1. The number of nitrogens with one attached hydrogen (secondary N) is 1. The van der Waals surface area contributed by atoms with Crippen LogP contribution in [0.15, 0.2) is 16.6 Å². The lowest BCUT2D eigenvalue weighted by Gasteiger charge is -2.48. The van der Waals surface area contributed by atoms with Crippen molar-refractivity contribution in [2.45, 2.75) is 26.3 Å². The van der Waals surface area contributed by atoms with Crippen molar-refractivity contribution in [3.8, 4) is 0 Å². The van der Waals surface area contributed by atoms with E-state index in [2.05, 4.69) is 34.7 Å². The first-order chi connectivity index (χ1) is 9.76. The zero-order valence-corrected chi connectivity index (χ0v) is 14.2. The smallest absolute Gasteiger partial charge is 0.220 e. The number of hydrogen-bond donors (Lipinski definition) is 2. The van der Waals surface area contributed by atoms with Crippen molar-refractivity contribution in [3.63, 3.8) is 0 Å². The fourth-order valence-corrected chi connectivity index (χ4v) is 3.45. The van der Waals surface area contributed by atoms with Gasteiger partial charge in [0.2, 0.25) is 5.91 Å². The van der Waals surface area contributed by atoms with Gasteiger partial charge in [-0.3, -0.25) is 4.79 Å². The average Bonchev–Trinajstić information content (AvgIpc) is 2.36. The summed E-state index contributed by atoms with van der Waals surface area (Å²) in [7, 11) is 0. The number of nitrogens with zero attached hydrogens (tertiary/aromatic N) is 2. The molecule has 0 spiro atoms. The summed E-state index contributed by atoms with van der Waals surface area (Å²) in [6, 6.07) is 3.79. The van der Waals surface area contributed by atoms with E-state index < -0.39 is 0 Å². The summed E-state index contributed by atoms with van der Waals surface area (Å²) in [6.07, 6.45) is 1.29. The third-order valence-corrected chi connectivity index (χ3v) is 4.38. The molecule has 6 heteroatoms. The maximum Gasteiger partial charge on any atom is 0.220 e. The van der Waals surface area contributed by atoms with Gasteiger partial charge < -0.3 is 20.9 Å². The van der Waals surface area contributed by atoms with Gasteiger partial charge in [-0.25, -0.2) is 0 Å². The number of rotatable bonds is 2. The molecule has 0 aromatic heterocycles. The monoisotopic (exact) mass is 352 g/mol. The van der Waals surface area contributed by atoms with Crippen LogP contribution in [0, 0.1) is 5.41 Å². The van der Waals surface area contributed by atoms with E-state index in [9.17, 15) is 4.79 Å². The number of carbonyl (C=O) groups is 1. The highest BCUT2D eigenvalue weighted by Crippen LogP contribution is 2.32. The van der Waals surface area contributed by atoms with Gasteiger partial charge >= 0.3 is 0 Å². The molecule has 1 aliphatic rings. The molecule has 1 amide bonds. The highest BCUT2D eigenvalue weighted by molar-refractivity contribution is 9.10. The highest BCUT2D eigenvalue weighted by Gasteiger charge is 2.35. The van der Waals surface area contributed by atoms with Crippen molar-refractivity contribution in [1.82, 2.24) is 4.90 Å². The molecule has 1 aliphatic heterocycles. The van der Waals surface area contributed by atoms with Gasteiger partial charge in [0, 0.05) is 54.2 Å². The van der Waals surface area contributed by atoms with Gasteiger partial charge in [0.15, 0.2) is 0 Å². The molecule has 114 valence electrons. The fourth-order valence-electron chi connectivity index (χ4n) is 2.99. The molecule has 2 rings (SSSR count). The van der Waals surface area contributed by atoms with E-state index in [1.54, 1.807) is 13.0 Å². The second-order valence-electron chi connectivity index (χ2n) is 5.98. The van der Waals surface area contributed by atoms with Crippen LogP contribution in [0.3, 0.4) is 0 Å². The molecule has 0 saturated carbocycles. The number of nitrogen functional groups attached to an aromatic ring is 1. The number of piperazine rings is 1. The Balaban J connectivity index is 2.37. The zero-order chi connectivity index (χ0) is 15.8. The molecule has 0 radical (unpaired) electrons. The summed E-state index contributed by atoms with van der Waals surface area (Å²) in [6.45, 7) is 7.85. The number of amides is 1. The Kier molecular flexibility index (Phi) is 4.27. The van der Waals surface area contributed by atoms with Crippen molar-refractivity contribution in [1.29, 1.82) is 5.41 Å². The summed E-state index contributed by atoms with van der Waals surface area (Å²) < 4.78 is 0.896. The molecule has 3 N–H and O–H groups in total. The normalized spacial score (nSPS) is 17.7. The zero-order valence-electron chi connectivity index (χ0n) is 12.6. The third-order valence-electron chi connectivity index (χ3n) is 3.92. The van der Waals surface area contributed by atoms with E-state index in [0.29, 0.717) is 18.8 Å². The van der Waals surface area contributed by atoms with E-state index in [1.807, 2.05) is 11.0 Å². The molecule has 5 nitrogen and oxygen atoms in total. The van der Waals surface area contributed by atoms with E-state index in [0.717, 1.165) is 22.3 Å². The number of anilines is 2. The van der Waals surface area contributed by atoms with Crippen LogP contribution in [-0.2, 0) is 4.79 Å². The van der Waals surface area contributed by atoms with E-state index in [-0.39, 0.29) is 11.4 Å². The SMILES string of the molecule is CC(=O)N1CCN(c2cc(Br)cc(N)c2C=N)CC1(C)C. The van der Waals surface area contributed by atoms with Gasteiger partial charge in [-0.2, -0.15) is 0 Å². The molecule has 0 bridgehead atoms. The lowest BCUT2D eigenvalue weighted by Crippen LogP contribution is -2.60. The molecule has 21 heavy (non-hydrogen) atoms. The first-order valence-electron chi connectivity index (χ1n) is 6.89. The maximum atomic E-state index is 11.7. The van der Waals surface area contributed by atoms with Crippen molar-refractivity contribution >= 4 is 39.4 Å². The van der Waals surface area contributed by atoms with Crippen LogP contribution in [0.5, 0.6) is 0 Å². The van der Waals surface area contributed by atoms with Crippen molar-refractivity contribution in [3.05, 3.63) is 22.2 Å². The number of carbonyl (C=O) groups excluding carboxylic acids is 1. The summed E-state index contributed by atoms with van der Waals surface area (Å²) in [4.78, 5) is 15.8. The van der Waals surface area contributed by atoms with Gasteiger partial charge in [0.05, 0.1) is 5.54 Å². The van der Waals surface area contributed by atoms with Crippen molar-refractivity contribution in [2.75, 3.05) is 30.3 Å². The van der Waals surface area contributed by atoms with Crippen molar-refractivity contribution < 1.29 is 4.79 Å². The molecular weight excluding hydrogens is 332 g/mol. The second kappa shape index (κ2) is 5.67. The van der Waals surface area contributed by atoms with Gasteiger partial charge in [0.1, 0.15) is 0 Å². The molecule has 1 aromatic carbocycles. The molecule has 1 heterocycles. The molecular formula is C15H21BrN4O. The van der Waals surface area contributed by atoms with Crippen LogP contribution in [0.25, 0.3) is 0 Å². The number of hydrogen-bond acceptors (Lipinski definition) is 4. The number of benzene rings is 1.